The summed E-state index contributed by atoms with van der Waals surface area (Å²) in [5.74, 6) is 0.964. The van der Waals surface area contributed by atoms with Gasteiger partial charge in [0.2, 0.25) is 0 Å². The molecule has 1 aromatic carbocycles. The van der Waals surface area contributed by atoms with Crippen LogP contribution in [-0.4, -0.2) is 19.6 Å². The van der Waals surface area contributed by atoms with Gasteiger partial charge in [-0.15, -0.1) is 0 Å². The number of rotatable bonds is 3. The number of benzene rings is 1. The Hall–Kier alpha value is -1.02. The van der Waals surface area contributed by atoms with Gasteiger partial charge in [0.1, 0.15) is 0 Å². The van der Waals surface area contributed by atoms with E-state index in [1.807, 2.05) is 0 Å². The van der Waals surface area contributed by atoms with Crippen molar-refractivity contribution in [1.82, 2.24) is 5.32 Å². The molecule has 0 aromatic heterocycles. The van der Waals surface area contributed by atoms with E-state index in [9.17, 15) is 0 Å². The number of fused-ring (bicyclic) bond motifs is 1. The zero-order valence-corrected chi connectivity index (χ0v) is 12.8. The van der Waals surface area contributed by atoms with E-state index in [4.69, 9.17) is 0 Å². The molecule has 110 valence electrons. The quantitative estimate of drug-likeness (QED) is 0.901. The van der Waals surface area contributed by atoms with E-state index in [1.54, 1.807) is 5.56 Å². The maximum Gasteiger partial charge on any atom is 0.0402 e. The maximum atomic E-state index is 3.49. The van der Waals surface area contributed by atoms with Gasteiger partial charge in [0.15, 0.2) is 0 Å². The van der Waals surface area contributed by atoms with Crippen LogP contribution in [0.4, 0.5) is 5.69 Å². The molecule has 0 aliphatic carbocycles. The third-order valence-electron chi connectivity index (χ3n) is 5.00. The van der Waals surface area contributed by atoms with Gasteiger partial charge in [-0.2, -0.15) is 0 Å². The van der Waals surface area contributed by atoms with E-state index >= 15 is 0 Å². The summed E-state index contributed by atoms with van der Waals surface area (Å²) in [5.41, 5.74) is 4.66. The van der Waals surface area contributed by atoms with Crippen LogP contribution in [0.2, 0.25) is 0 Å². The highest BCUT2D eigenvalue weighted by atomic mass is 15.1. The third-order valence-corrected chi connectivity index (χ3v) is 5.00. The molecular formula is C18H28N2. The van der Waals surface area contributed by atoms with Crippen molar-refractivity contribution in [2.45, 2.75) is 52.0 Å². The van der Waals surface area contributed by atoms with Crippen LogP contribution in [0.3, 0.4) is 0 Å². The van der Waals surface area contributed by atoms with Crippen LogP contribution in [0.5, 0.6) is 0 Å². The number of nitrogens with zero attached hydrogens (tertiary/aromatic N) is 1. The van der Waals surface area contributed by atoms with E-state index in [0.29, 0.717) is 0 Å². The Labute approximate surface area is 123 Å². The third kappa shape index (κ3) is 3.01. The SMILES string of the molecule is CCCC1CCCN(c2cccc3c2CCNC3)CC1. The topological polar surface area (TPSA) is 15.3 Å². The molecule has 0 radical (unpaired) electrons. The van der Waals surface area contributed by atoms with Gasteiger partial charge in [0.05, 0.1) is 0 Å². The summed E-state index contributed by atoms with van der Waals surface area (Å²) >= 11 is 0. The van der Waals surface area contributed by atoms with E-state index in [2.05, 4.69) is 35.3 Å². The fourth-order valence-electron chi connectivity index (χ4n) is 3.91. The van der Waals surface area contributed by atoms with Gasteiger partial charge < -0.3 is 10.2 Å². The summed E-state index contributed by atoms with van der Waals surface area (Å²) in [6, 6.07) is 6.89. The first-order valence-corrected chi connectivity index (χ1v) is 8.45. The fourth-order valence-corrected chi connectivity index (χ4v) is 3.91. The van der Waals surface area contributed by atoms with E-state index < -0.39 is 0 Å². The van der Waals surface area contributed by atoms with E-state index in [0.717, 1.165) is 19.0 Å². The molecule has 0 saturated carbocycles. The number of hydrogen-bond acceptors (Lipinski definition) is 2. The van der Waals surface area contributed by atoms with Crippen molar-refractivity contribution in [3.8, 4) is 0 Å². The highest BCUT2D eigenvalue weighted by Crippen LogP contribution is 2.30. The maximum absolute atomic E-state index is 3.49. The van der Waals surface area contributed by atoms with Crippen molar-refractivity contribution >= 4 is 5.69 Å². The molecule has 3 rings (SSSR count). The summed E-state index contributed by atoms with van der Waals surface area (Å²) in [7, 11) is 0. The summed E-state index contributed by atoms with van der Waals surface area (Å²) in [4.78, 5) is 2.67. The number of hydrogen-bond donors (Lipinski definition) is 1. The Morgan fingerprint density at radius 3 is 3.10 bits per heavy atom. The van der Waals surface area contributed by atoms with Crippen molar-refractivity contribution in [3.63, 3.8) is 0 Å². The predicted octanol–water partition coefficient (Wildman–Crippen LogP) is 3.74. The lowest BCUT2D eigenvalue weighted by Crippen LogP contribution is -2.29. The van der Waals surface area contributed by atoms with Crippen molar-refractivity contribution in [3.05, 3.63) is 29.3 Å². The van der Waals surface area contributed by atoms with Gasteiger partial charge >= 0.3 is 0 Å². The van der Waals surface area contributed by atoms with Gasteiger partial charge in [-0.05, 0) is 55.3 Å². The monoisotopic (exact) mass is 272 g/mol. The second-order valence-corrected chi connectivity index (χ2v) is 6.41. The molecular weight excluding hydrogens is 244 g/mol. The van der Waals surface area contributed by atoms with Gasteiger partial charge in [-0.25, -0.2) is 0 Å². The van der Waals surface area contributed by atoms with Crippen LogP contribution < -0.4 is 10.2 Å². The number of nitrogens with one attached hydrogen (secondary N) is 1. The minimum Gasteiger partial charge on any atom is -0.371 e. The lowest BCUT2D eigenvalue weighted by molar-refractivity contribution is 0.435. The van der Waals surface area contributed by atoms with Crippen LogP contribution >= 0.6 is 0 Å². The Kier molecular flexibility index (Phi) is 4.62. The van der Waals surface area contributed by atoms with Crippen LogP contribution in [0.25, 0.3) is 0 Å². The molecule has 1 fully saturated rings. The van der Waals surface area contributed by atoms with Crippen molar-refractivity contribution in [2.24, 2.45) is 5.92 Å². The normalized spacial score (nSPS) is 23.2. The van der Waals surface area contributed by atoms with Crippen LogP contribution in [0.15, 0.2) is 18.2 Å². The molecule has 2 nitrogen and oxygen atoms in total. The molecule has 2 aliphatic rings. The van der Waals surface area contributed by atoms with Gasteiger partial charge in [0.25, 0.3) is 0 Å². The zero-order valence-electron chi connectivity index (χ0n) is 12.8. The molecule has 2 heterocycles. The average Bonchev–Trinajstić information content (AvgIpc) is 2.73. The van der Waals surface area contributed by atoms with Crippen molar-refractivity contribution in [2.75, 3.05) is 24.5 Å². The highest BCUT2D eigenvalue weighted by Gasteiger charge is 2.20. The molecule has 2 aliphatic heterocycles. The molecule has 1 saturated heterocycles. The molecule has 1 aromatic rings. The first-order chi connectivity index (χ1) is 9.88. The molecule has 0 amide bonds. The summed E-state index contributed by atoms with van der Waals surface area (Å²) < 4.78 is 0. The van der Waals surface area contributed by atoms with E-state index in [1.165, 1.54) is 62.9 Å². The molecule has 20 heavy (non-hydrogen) atoms. The predicted molar refractivity (Wildman–Crippen MR) is 86.3 cm³/mol. The minimum atomic E-state index is 0.964. The second kappa shape index (κ2) is 6.62. The smallest absolute Gasteiger partial charge is 0.0402 e. The number of anilines is 1. The Morgan fingerprint density at radius 1 is 1.25 bits per heavy atom. The summed E-state index contributed by atoms with van der Waals surface area (Å²) in [5, 5.41) is 3.49. The van der Waals surface area contributed by atoms with Crippen LogP contribution in [0.1, 0.15) is 50.2 Å². The van der Waals surface area contributed by atoms with Crippen molar-refractivity contribution < 1.29 is 0 Å². The second-order valence-electron chi connectivity index (χ2n) is 6.41. The lowest BCUT2D eigenvalue weighted by Gasteiger charge is -2.29. The zero-order chi connectivity index (χ0) is 13.8. The van der Waals surface area contributed by atoms with E-state index in [-0.39, 0.29) is 0 Å². The highest BCUT2D eigenvalue weighted by molar-refractivity contribution is 5.57. The molecule has 1 atom stereocenters. The molecule has 1 N–H and O–H groups in total. The van der Waals surface area contributed by atoms with Crippen LogP contribution in [0, 0.1) is 5.92 Å². The first kappa shape index (κ1) is 13.9. The standard InChI is InChI=1S/C18H28N2/c1-2-5-15-6-4-12-20(13-10-15)18-8-3-7-16-14-19-11-9-17(16)18/h3,7-8,15,19H,2,4-6,9-14H2,1H3. The Balaban J connectivity index is 1.76. The Morgan fingerprint density at radius 2 is 2.20 bits per heavy atom. The van der Waals surface area contributed by atoms with Gasteiger partial charge in [-0.1, -0.05) is 31.9 Å². The molecule has 0 bridgehead atoms. The van der Waals surface area contributed by atoms with Gasteiger partial charge in [0, 0.05) is 25.3 Å². The summed E-state index contributed by atoms with van der Waals surface area (Å²) in [6.07, 6.45) is 8.14. The van der Waals surface area contributed by atoms with Crippen molar-refractivity contribution in [1.29, 1.82) is 0 Å². The minimum absolute atomic E-state index is 0.964. The lowest BCUT2D eigenvalue weighted by atomic mass is 9.96. The molecule has 2 heteroatoms. The summed E-state index contributed by atoms with van der Waals surface area (Å²) in [6.45, 7) is 7.02. The Bertz CT molecular complexity index is 441. The molecule has 0 spiro atoms. The van der Waals surface area contributed by atoms with Gasteiger partial charge in [-0.3, -0.25) is 0 Å². The largest absolute Gasteiger partial charge is 0.371 e. The molecule has 1 unspecified atom stereocenters. The first-order valence-electron chi connectivity index (χ1n) is 8.45. The average molecular weight is 272 g/mol. The van der Waals surface area contributed by atoms with Crippen LogP contribution in [-0.2, 0) is 13.0 Å². The fraction of sp³-hybridized carbons (Fsp3) is 0.667.